The molecule has 1 aromatic rings. The van der Waals surface area contributed by atoms with Crippen LogP contribution in [0.5, 0.6) is 11.5 Å². The molecule has 1 aromatic carbocycles. The van der Waals surface area contributed by atoms with E-state index in [0.29, 0.717) is 6.61 Å². The first-order valence-electron chi connectivity index (χ1n) is 6.46. The molecule has 0 aliphatic heterocycles. The molecule has 1 rings (SSSR count). The van der Waals surface area contributed by atoms with E-state index in [1.165, 1.54) is 0 Å². The van der Waals surface area contributed by atoms with E-state index in [4.69, 9.17) is 9.47 Å². The molecule has 4 nitrogen and oxygen atoms in total. The van der Waals surface area contributed by atoms with Gasteiger partial charge in [-0.05, 0) is 25.2 Å². The normalized spacial score (nSPS) is 10.5. The van der Waals surface area contributed by atoms with Gasteiger partial charge in [0.2, 0.25) is 0 Å². The molecule has 0 aliphatic rings. The van der Waals surface area contributed by atoms with Crippen molar-refractivity contribution in [2.24, 2.45) is 0 Å². The first-order chi connectivity index (χ1) is 8.74. The van der Waals surface area contributed by atoms with Gasteiger partial charge in [-0.1, -0.05) is 13.8 Å². The summed E-state index contributed by atoms with van der Waals surface area (Å²) in [6, 6.07) is 5.81. The average Bonchev–Trinajstić information content (AvgIpc) is 2.43. The predicted octanol–water partition coefficient (Wildman–Crippen LogP) is 2.46. The van der Waals surface area contributed by atoms with Crippen molar-refractivity contribution >= 4 is 5.69 Å². The maximum absolute atomic E-state index is 5.74. The van der Waals surface area contributed by atoms with Crippen LogP contribution in [0.3, 0.4) is 0 Å². The lowest BCUT2D eigenvalue weighted by Gasteiger charge is -2.18. The van der Waals surface area contributed by atoms with Crippen molar-refractivity contribution in [1.29, 1.82) is 0 Å². The van der Waals surface area contributed by atoms with Crippen molar-refractivity contribution in [2.45, 2.75) is 13.8 Å². The van der Waals surface area contributed by atoms with Crippen molar-refractivity contribution in [3.8, 4) is 11.5 Å². The van der Waals surface area contributed by atoms with Gasteiger partial charge in [0.15, 0.2) is 0 Å². The molecule has 0 saturated carbocycles. The number of nitrogens with one attached hydrogen (secondary N) is 1. The molecule has 0 amide bonds. The molecule has 0 aliphatic carbocycles. The molecule has 0 spiro atoms. The van der Waals surface area contributed by atoms with Gasteiger partial charge in [0.05, 0.1) is 12.8 Å². The van der Waals surface area contributed by atoms with E-state index in [1.807, 2.05) is 25.2 Å². The SMILES string of the molecule is CCN(CC)CCOc1ccc(OC)c(NC)c1. The summed E-state index contributed by atoms with van der Waals surface area (Å²) in [6.45, 7) is 8.10. The summed E-state index contributed by atoms with van der Waals surface area (Å²) in [6.07, 6.45) is 0. The topological polar surface area (TPSA) is 33.7 Å². The summed E-state index contributed by atoms with van der Waals surface area (Å²) < 4.78 is 11.0. The molecule has 0 atom stereocenters. The van der Waals surface area contributed by atoms with Gasteiger partial charge in [0.25, 0.3) is 0 Å². The van der Waals surface area contributed by atoms with Crippen LogP contribution in [-0.4, -0.2) is 45.3 Å². The van der Waals surface area contributed by atoms with E-state index < -0.39 is 0 Å². The molecular formula is C14H24N2O2. The molecule has 0 saturated heterocycles. The zero-order valence-electron chi connectivity index (χ0n) is 11.8. The Labute approximate surface area is 110 Å². The monoisotopic (exact) mass is 252 g/mol. The molecule has 0 heterocycles. The summed E-state index contributed by atoms with van der Waals surface area (Å²) in [7, 11) is 3.54. The van der Waals surface area contributed by atoms with Gasteiger partial charge in [0.1, 0.15) is 18.1 Å². The average molecular weight is 252 g/mol. The van der Waals surface area contributed by atoms with Crippen molar-refractivity contribution in [3.05, 3.63) is 18.2 Å². The zero-order chi connectivity index (χ0) is 13.4. The van der Waals surface area contributed by atoms with Crippen LogP contribution < -0.4 is 14.8 Å². The third-order valence-electron chi connectivity index (χ3n) is 3.01. The third kappa shape index (κ3) is 4.11. The highest BCUT2D eigenvalue weighted by molar-refractivity contribution is 5.59. The number of ether oxygens (including phenoxy) is 2. The summed E-state index contributed by atoms with van der Waals surface area (Å²) in [4.78, 5) is 2.34. The second kappa shape index (κ2) is 7.82. The van der Waals surface area contributed by atoms with Crippen LogP contribution in [0.2, 0.25) is 0 Å². The number of methoxy groups -OCH3 is 1. The quantitative estimate of drug-likeness (QED) is 0.770. The van der Waals surface area contributed by atoms with Crippen LogP contribution in [-0.2, 0) is 0 Å². The largest absolute Gasteiger partial charge is 0.495 e. The first kappa shape index (κ1) is 14.6. The lowest BCUT2D eigenvalue weighted by Crippen LogP contribution is -2.27. The number of likely N-dealkylation sites (N-methyl/N-ethyl adjacent to an activating group) is 1. The Bertz CT molecular complexity index is 352. The molecule has 0 bridgehead atoms. The molecule has 0 unspecified atom stereocenters. The van der Waals surface area contributed by atoms with Crippen molar-refractivity contribution in [3.63, 3.8) is 0 Å². The lowest BCUT2D eigenvalue weighted by atomic mass is 10.2. The highest BCUT2D eigenvalue weighted by atomic mass is 16.5. The number of anilines is 1. The minimum Gasteiger partial charge on any atom is -0.495 e. The second-order valence-electron chi connectivity index (χ2n) is 3.99. The van der Waals surface area contributed by atoms with E-state index >= 15 is 0 Å². The van der Waals surface area contributed by atoms with Crippen molar-refractivity contribution < 1.29 is 9.47 Å². The number of rotatable bonds is 8. The fourth-order valence-electron chi connectivity index (χ4n) is 1.80. The summed E-state index contributed by atoms with van der Waals surface area (Å²) in [5.74, 6) is 1.70. The standard InChI is InChI=1S/C14H24N2O2/c1-5-16(6-2)9-10-18-12-7-8-14(17-4)13(11-12)15-3/h7-8,11,15H,5-6,9-10H2,1-4H3. The van der Waals surface area contributed by atoms with E-state index in [2.05, 4.69) is 24.1 Å². The lowest BCUT2D eigenvalue weighted by molar-refractivity contribution is 0.223. The van der Waals surface area contributed by atoms with Crippen LogP contribution in [0.4, 0.5) is 5.69 Å². The van der Waals surface area contributed by atoms with Crippen molar-refractivity contribution in [1.82, 2.24) is 4.90 Å². The number of hydrogen-bond acceptors (Lipinski definition) is 4. The third-order valence-corrected chi connectivity index (χ3v) is 3.01. The van der Waals surface area contributed by atoms with Crippen LogP contribution >= 0.6 is 0 Å². The minimum absolute atomic E-state index is 0.706. The van der Waals surface area contributed by atoms with Gasteiger partial charge in [-0.25, -0.2) is 0 Å². The van der Waals surface area contributed by atoms with Crippen LogP contribution in [0, 0.1) is 0 Å². The number of hydrogen-bond donors (Lipinski definition) is 1. The maximum atomic E-state index is 5.74. The number of benzene rings is 1. The Kier molecular flexibility index (Phi) is 6.36. The second-order valence-corrected chi connectivity index (χ2v) is 3.99. The minimum atomic E-state index is 0.706. The predicted molar refractivity (Wildman–Crippen MR) is 75.8 cm³/mol. The molecule has 18 heavy (non-hydrogen) atoms. The highest BCUT2D eigenvalue weighted by Crippen LogP contribution is 2.28. The van der Waals surface area contributed by atoms with E-state index in [0.717, 1.165) is 36.8 Å². The van der Waals surface area contributed by atoms with Gasteiger partial charge < -0.3 is 19.7 Å². The van der Waals surface area contributed by atoms with Gasteiger partial charge in [-0.2, -0.15) is 0 Å². The van der Waals surface area contributed by atoms with E-state index in [-0.39, 0.29) is 0 Å². The van der Waals surface area contributed by atoms with Gasteiger partial charge in [-0.3, -0.25) is 0 Å². The molecule has 1 N–H and O–H groups in total. The summed E-state index contributed by atoms with van der Waals surface area (Å²) >= 11 is 0. The Morgan fingerprint density at radius 2 is 1.94 bits per heavy atom. The first-order valence-corrected chi connectivity index (χ1v) is 6.46. The fourth-order valence-corrected chi connectivity index (χ4v) is 1.80. The maximum Gasteiger partial charge on any atom is 0.142 e. The Hall–Kier alpha value is -1.42. The molecule has 0 radical (unpaired) electrons. The molecule has 4 heteroatoms. The Morgan fingerprint density at radius 1 is 1.22 bits per heavy atom. The van der Waals surface area contributed by atoms with Crippen LogP contribution in [0.25, 0.3) is 0 Å². The molecule has 0 fully saturated rings. The Balaban J connectivity index is 2.52. The molecule has 0 aromatic heterocycles. The molecule has 102 valence electrons. The van der Waals surface area contributed by atoms with E-state index in [9.17, 15) is 0 Å². The summed E-state index contributed by atoms with van der Waals surface area (Å²) in [5, 5.41) is 3.09. The number of nitrogens with zero attached hydrogens (tertiary/aromatic N) is 1. The van der Waals surface area contributed by atoms with Crippen molar-refractivity contribution in [2.75, 3.05) is 45.7 Å². The van der Waals surface area contributed by atoms with Gasteiger partial charge in [-0.15, -0.1) is 0 Å². The smallest absolute Gasteiger partial charge is 0.142 e. The zero-order valence-corrected chi connectivity index (χ0v) is 11.8. The van der Waals surface area contributed by atoms with Gasteiger partial charge >= 0.3 is 0 Å². The highest BCUT2D eigenvalue weighted by Gasteiger charge is 2.04. The Morgan fingerprint density at radius 3 is 2.50 bits per heavy atom. The molecular weight excluding hydrogens is 228 g/mol. The van der Waals surface area contributed by atoms with Crippen LogP contribution in [0.15, 0.2) is 18.2 Å². The van der Waals surface area contributed by atoms with E-state index in [1.54, 1.807) is 7.11 Å². The summed E-state index contributed by atoms with van der Waals surface area (Å²) in [5.41, 5.74) is 0.942. The fraction of sp³-hybridized carbons (Fsp3) is 0.571. The van der Waals surface area contributed by atoms with Gasteiger partial charge in [0, 0.05) is 19.7 Å². The van der Waals surface area contributed by atoms with Crippen LogP contribution in [0.1, 0.15) is 13.8 Å².